The summed E-state index contributed by atoms with van der Waals surface area (Å²) in [6, 6.07) is 10.4. The van der Waals surface area contributed by atoms with Crippen LogP contribution in [0.25, 0.3) is 11.1 Å². The first kappa shape index (κ1) is 13.5. The summed E-state index contributed by atoms with van der Waals surface area (Å²) in [6.07, 6.45) is 0. The van der Waals surface area contributed by atoms with Crippen molar-refractivity contribution in [3.63, 3.8) is 0 Å². The number of benzene rings is 2. The van der Waals surface area contributed by atoms with E-state index in [2.05, 4.69) is 0 Å². The van der Waals surface area contributed by atoms with Gasteiger partial charge in [-0.05, 0) is 23.3 Å². The molecule has 0 aliphatic rings. The predicted molar refractivity (Wildman–Crippen MR) is 74.2 cm³/mol. The van der Waals surface area contributed by atoms with Crippen LogP contribution in [0, 0.1) is 5.82 Å². The molecular weight excluding hydrogens is 243 g/mol. The molecule has 0 saturated heterocycles. The third-order valence-corrected chi connectivity index (χ3v) is 3.15. The zero-order valence-corrected chi connectivity index (χ0v) is 10.8. The van der Waals surface area contributed by atoms with E-state index >= 15 is 0 Å². The second-order valence-electron chi connectivity index (χ2n) is 4.17. The van der Waals surface area contributed by atoms with E-state index in [4.69, 9.17) is 16.2 Å². The zero-order chi connectivity index (χ0) is 13.8. The van der Waals surface area contributed by atoms with Gasteiger partial charge in [-0.1, -0.05) is 24.3 Å². The predicted octanol–water partition coefficient (Wildman–Crippen LogP) is 2.42. The molecule has 2 rings (SSSR count). The van der Waals surface area contributed by atoms with Crippen LogP contribution in [0.3, 0.4) is 0 Å². The average Bonchev–Trinajstić information content (AvgIpc) is 2.45. The molecule has 2 aromatic rings. The van der Waals surface area contributed by atoms with E-state index < -0.39 is 0 Å². The molecule has 0 aromatic heterocycles. The Morgan fingerprint density at radius 1 is 1.05 bits per heavy atom. The molecule has 19 heavy (non-hydrogen) atoms. The highest BCUT2D eigenvalue weighted by atomic mass is 19.1. The fourth-order valence-electron chi connectivity index (χ4n) is 2.24. The Kier molecular flexibility index (Phi) is 4.14. The van der Waals surface area contributed by atoms with E-state index in [0.717, 1.165) is 16.7 Å². The topological polar surface area (TPSA) is 61.3 Å². The molecule has 0 saturated carbocycles. The molecular formula is C15H17FN2O. The lowest BCUT2D eigenvalue weighted by Gasteiger charge is -2.15. The quantitative estimate of drug-likeness (QED) is 0.887. The number of hydrogen-bond acceptors (Lipinski definition) is 3. The van der Waals surface area contributed by atoms with Crippen molar-refractivity contribution in [2.24, 2.45) is 11.5 Å². The van der Waals surface area contributed by atoms with Crippen LogP contribution in [0.1, 0.15) is 11.1 Å². The minimum absolute atomic E-state index is 0.272. The van der Waals surface area contributed by atoms with E-state index in [1.165, 1.54) is 6.07 Å². The van der Waals surface area contributed by atoms with Crippen molar-refractivity contribution >= 4 is 0 Å². The van der Waals surface area contributed by atoms with Crippen LogP contribution in [0.15, 0.2) is 36.4 Å². The molecule has 0 radical (unpaired) electrons. The van der Waals surface area contributed by atoms with Gasteiger partial charge in [0.1, 0.15) is 11.6 Å². The van der Waals surface area contributed by atoms with Gasteiger partial charge in [0, 0.05) is 24.2 Å². The van der Waals surface area contributed by atoms with Crippen molar-refractivity contribution in [2.75, 3.05) is 7.11 Å². The zero-order valence-electron chi connectivity index (χ0n) is 10.8. The average molecular weight is 260 g/mol. The first-order valence-corrected chi connectivity index (χ1v) is 6.06. The second-order valence-corrected chi connectivity index (χ2v) is 4.17. The molecule has 3 nitrogen and oxygen atoms in total. The summed E-state index contributed by atoms with van der Waals surface area (Å²) in [5, 5.41) is 0. The Morgan fingerprint density at radius 3 is 2.42 bits per heavy atom. The number of ether oxygens (including phenoxy) is 1. The number of nitrogens with two attached hydrogens (primary N) is 2. The van der Waals surface area contributed by atoms with Gasteiger partial charge >= 0.3 is 0 Å². The van der Waals surface area contributed by atoms with Crippen molar-refractivity contribution in [3.05, 3.63) is 53.3 Å². The maximum Gasteiger partial charge on any atom is 0.131 e. The van der Waals surface area contributed by atoms with Gasteiger partial charge in [0.25, 0.3) is 0 Å². The van der Waals surface area contributed by atoms with Crippen molar-refractivity contribution in [1.82, 2.24) is 0 Å². The summed E-state index contributed by atoms with van der Waals surface area (Å²) >= 11 is 0. The number of halogens is 1. The van der Waals surface area contributed by atoms with Crippen LogP contribution >= 0.6 is 0 Å². The van der Waals surface area contributed by atoms with Gasteiger partial charge in [-0.3, -0.25) is 0 Å². The molecule has 0 aliphatic carbocycles. The summed E-state index contributed by atoms with van der Waals surface area (Å²) in [4.78, 5) is 0. The molecule has 0 fully saturated rings. The molecule has 0 aliphatic heterocycles. The fourth-order valence-corrected chi connectivity index (χ4v) is 2.24. The van der Waals surface area contributed by atoms with Crippen LogP contribution in [0.4, 0.5) is 4.39 Å². The third kappa shape index (κ3) is 2.45. The number of hydrogen-bond donors (Lipinski definition) is 2. The van der Waals surface area contributed by atoms with Crippen LogP contribution < -0.4 is 16.2 Å². The summed E-state index contributed by atoms with van der Waals surface area (Å²) in [5.41, 5.74) is 14.2. The van der Waals surface area contributed by atoms with Gasteiger partial charge in [-0.2, -0.15) is 0 Å². The van der Waals surface area contributed by atoms with Crippen LogP contribution in [0.2, 0.25) is 0 Å². The normalized spacial score (nSPS) is 10.5. The summed E-state index contributed by atoms with van der Waals surface area (Å²) in [5.74, 6) is 0.358. The Morgan fingerprint density at radius 2 is 1.79 bits per heavy atom. The van der Waals surface area contributed by atoms with Crippen LogP contribution in [-0.4, -0.2) is 7.11 Å². The fraction of sp³-hybridized carbons (Fsp3) is 0.200. The molecule has 0 spiro atoms. The molecule has 100 valence electrons. The van der Waals surface area contributed by atoms with Gasteiger partial charge in [0.05, 0.1) is 7.11 Å². The summed E-state index contributed by atoms with van der Waals surface area (Å²) < 4.78 is 19.4. The number of methoxy groups -OCH3 is 1. The molecule has 4 heteroatoms. The first-order chi connectivity index (χ1) is 9.22. The smallest absolute Gasteiger partial charge is 0.131 e. The van der Waals surface area contributed by atoms with Gasteiger partial charge < -0.3 is 16.2 Å². The van der Waals surface area contributed by atoms with Gasteiger partial charge in [0.2, 0.25) is 0 Å². The molecule has 2 aromatic carbocycles. The molecule has 0 amide bonds. The summed E-state index contributed by atoms with van der Waals surface area (Å²) in [7, 11) is 1.57. The Bertz CT molecular complexity index is 584. The second kappa shape index (κ2) is 5.82. The molecule has 0 heterocycles. The van der Waals surface area contributed by atoms with Crippen molar-refractivity contribution in [2.45, 2.75) is 13.1 Å². The van der Waals surface area contributed by atoms with Crippen LogP contribution in [-0.2, 0) is 13.1 Å². The standard InChI is InChI=1S/C15H17FN2O/c1-19-14-7-3-5-11(12(14)9-18)15-10(8-17)4-2-6-13(15)16/h2-7H,8-9,17-18H2,1H3. The highest BCUT2D eigenvalue weighted by Crippen LogP contribution is 2.34. The van der Waals surface area contributed by atoms with Crippen molar-refractivity contribution in [3.8, 4) is 16.9 Å². The molecule has 4 N–H and O–H groups in total. The van der Waals surface area contributed by atoms with Crippen molar-refractivity contribution in [1.29, 1.82) is 0 Å². The highest BCUT2D eigenvalue weighted by molar-refractivity contribution is 5.73. The van der Waals surface area contributed by atoms with E-state index in [1.807, 2.05) is 24.3 Å². The molecule has 0 unspecified atom stereocenters. The summed E-state index contributed by atoms with van der Waals surface area (Å²) in [6.45, 7) is 0.548. The van der Waals surface area contributed by atoms with E-state index in [-0.39, 0.29) is 18.9 Å². The maximum absolute atomic E-state index is 14.1. The minimum atomic E-state index is -0.300. The lowest BCUT2D eigenvalue weighted by Crippen LogP contribution is -2.06. The SMILES string of the molecule is COc1cccc(-c2c(F)cccc2CN)c1CN. The van der Waals surface area contributed by atoms with Crippen LogP contribution in [0.5, 0.6) is 5.75 Å². The van der Waals surface area contributed by atoms with E-state index in [9.17, 15) is 4.39 Å². The van der Waals surface area contributed by atoms with E-state index in [1.54, 1.807) is 13.2 Å². The monoisotopic (exact) mass is 260 g/mol. The van der Waals surface area contributed by atoms with Gasteiger partial charge in [0.15, 0.2) is 0 Å². The Labute approximate surface area is 112 Å². The Balaban J connectivity index is 2.72. The number of rotatable bonds is 4. The lowest BCUT2D eigenvalue weighted by molar-refractivity contribution is 0.410. The van der Waals surface area contributed by atoms with E-state index in [0.29, 0.717) is 11.3 Å². The Hall–Kier alpha value is -1.91. The first-order valence-electron chi connectivity index (χ1n) is 6.06. The highest BCUT2D eigenvalue weighted by Gasteiger charge is 2.15. The largest absolute Gasteiger partial charge is 0.496 e. The maximum atomic E-state index is 14.1. The van der Waals surface area contributed by atoms with Crippen molar-refractivity contribution < 1.29 is 9.13 Å². The lowest BCUT2D eigenvalue weighted by atomic mass is 9.94. The third-order valence-electron chi connectivity index (χ3n) is 3.15. The minimum Gasteiger partial charge on any atom is -0.496 e. The molecule has 0 atom stereocenters. The van der Waals surface area contributed by atoms with Gasteiger partial charge in [-0.25, -0.2) is 4.39 Å². The molecule has 0 bridgehead atoms. The van der Waals surface area contributed by atoms with Gasteiger partial charge in [-0.15, -0.1) is 0 Å².